The summed E-state index contributed by atoms with van der Waals surface area (Å²) in [7, 11) is 0. The Morgan fingerprint density at radius 1 is 0.914 bits per heavy atom. The molecule has 0 saturated carbocycles. The number of likely N-dealkylation sites (tertiary alicyclic amines) is 1. The minimum absolute atomic E-state index is 0.0730. The molecule has 3 nitrogen and oxygen atoms in total. The summed E-state index contributed by atoms with van der Waals surface area (Å²) in [4.78, 5) is 14.3. The van der Waals surface area contributed by atoms with Gasteiger partial charge in [0.15, 0.2) is 0 Å². The van der Waals surface area contributed by atoms with Crippen LogP contribution in [0.1, 0.15) is 55.2 Å². The molecule has 0 atom stereocenters. The largest absolute Gasteiger partial charge is 0.454 e. The van der Waals surface area contributed by atoms with E-state index in [0.717, 1.165) is 66.5 Å². The Hall–Kier alpha value is -2.57. The minimum atomic E-state index is -0.589. The Labute approximate surface area is 214 Å². The lowest BCUT2D eigenvalue weighted by atomic mass is 9.83. The summed E-state index contributed by atoms with van der Waals surface area (Å²) in [5.74, 6) is -0.712. The summed E-state index contributed by atoms with van der Waals surface area (Å²) >= 11 is 3.48. The molecule has 1 aliphatic heterocycles. The summed E-state index contributed by atoms with van der Waals surface area (Å²) in [6, 6.07) is 21.2. The number of carbonyl (C=O) groups is 1. The Kier molecular flexibility index (Phi) is 8.34. The van der Waals surface area contributed by atoms with E-state index in [-0.39, 0.29) is 23.5 Å². The van der Waals surface area contributed by atoms with Gasteiger partial charge in [0.25, 0.3) is 0 Å². The molecule has 6 heteroatoms. The second-order valence-electron chi connectivity index (χ2n) is 9.23. The van der Waals surface area contributed by atoms with Crippen LogP contribution in [-0.2, 0) is 15.1 Å². The topological polar surface area (TPSA) is 29.5 Å². The highest BCUT2D eigenvalue weighted by Gasteiger charge is 2.39. The normalized spacial score (nSPS) is 15.8. The van der Waals surface area contributed by atoms with Crippen molar-refractivity contribution in [3.63, 3.8) is 0 Å². The van der Waals surface area contributed by atoms with Gasteiger partial charge >= 0.3 is 5.97 Å². The molecular weight excluding hydrogens is 512 g/mol. The van der Waals surface area contributed by atoms with Crippen molar-refractivity contribution in [3.05, 3.63) is 106 Å². The van der Waals surface area contributed by atoms with Gasteiger partial charge in [0, 0.05) is 43.2 Å². The molecule has 184 valence electrons. The quantitative estimate of drug-likeness (QED) is 0.282. The first-order valence-electron chi connectivity index (χ1n) is 12.0. The fourth-order valence-electron chi connectivity index (χ4n) is 5.05. The van der Waals surface area contributed by atoms with Gasteiger partial charge in [0.1, 0.15) is 17.2 Å². The standard InChI is InChI=1S/C29H30BrF2NO2/c1-21(34)35-29(24-8-10-25(30)11-9-24)16-19-33(20-17-29)18-2-3-28(22-4-12-26(31)13-5-22)23-6-14-27(32)15-7-23/h4-15,28H,2-3,16-20H2,1H3. The van der Waals surface area contributed by atoms with Crippen molar-refractivity contribution in [3.8, 4) is 0 Å². The smallest absolute Gasteiger partial charge is 0.303 e. The van der Waals surface area contributed by atoms with Crippen LogP contribution in [0, 0.1) is 11.6 Å². The number of hydrogen-bond acceptors (Lipinski definition) is 3. The van der Waals surface area contributed by atoms with Gasteiger partial charge < -0.3 is 9.64 Å². The molecule has 3 aromatic carbocycles. The molecule has 0 bridgehead atoms. The molecular formula is C29H30BrF2NO2. The molecule has 1 heterocycles. The van der Waals surface area contributed by atoms with Crippen molar-refractivity contribution in [2.45, 2.75) is 44.1 Å². The predicted molar refractivity (Wildman–Crippen MR) is 137 cm³/mol. The molecule has 0 aromatic heterocycles. The highest BCUT2D eigenvalue weighted by atomic mass is 79.9. The molecule has 0 unspecified atom stereocenters. The lowest BCUT2D eigenvalue weighted by molar-refractivity contribution is -0.164. The number of benzene rings is 3. The number of ether oxygens (including phenoxy) is 1. The summed E-state index contributed by atoms with van der Waals surface area (Å²) in [6.07, 6.45) is 3.30. The van der Waals surface area contributed by atoms with E-state index in [9.17, 15) is 13.6 Å². The molecule has 1 fully saturated rings. The molecule has 0 amide bonds. The maximum absolute atomic E-state index is 13.5. The number of rotatable bonds is 8. The van der Waals surface area contributed by atoms with Crippen molar-refractivity contribution in [1.82, 2.24) is 4.90 Å². The monoisotopic (exact) mass is 541 g/mol. The molecule has 0 spiro atoms. The van der Waals surface area contributed by atoms with Crippen LogP contribution in [0.3, 0.4) is 0 Å². The van der Waals surface area contributed by atoms with Gasteiger partial charge in [0.05, 0.1) is 0 Å². The van der Waals surface area contributed by atoms with E-state index in [0.29, 0.717) is 0 Å². The van der Waals surface area contributed by atoms with Crippen molar-refractivity contribution in [1.29, 1.82) is 0 Å². The van der Waals surface area contributed by atoms with Crippen molar-refractivity contribution >= 4 is 21.9 Å². The Morgan fingerprint density at radius 2 is 1.43 bits per heavy atom. The SMILES string of the molecule is CC(=O)OC1(c2ccc(Br)cc2)CCN(CCCC(c2ccc(F)cc2)c2ccc(F)cc2)CC1. The average Bonchev–Trinajstić information content (AvgIpc) is 2.84. The number of esters is 1. The first-order chi connectivity index (χ1) is 16.8. The molecule has 1 saturated heterocycles. The van der Waals surface area contributed by atoms with E-state index in [2.05, 4.69) is 20.8 Å². The number of piperidine rings is 1. The molecule has 3 aromatic rings. The molecule has 0 radical (unpaired) electrons. The van der Waals surface area contributed by atoms with Gasteiger partial charge in [-0.3, -0.25) is 4.79 Å². The van der Waals surface area contributed by atoms with E-state index < -0.39 is 5.60 Å². The number of halogens is 3. The first-order valence-corrected chi connectivity index (χ1v) is 12.8. The number of nitrogens with zero attached hydrogens (tertiary/aromatic N) is 1. The first kappa shape index (κ1) is 25.5. The van der Waals surface area contributed by atoms with Crippen LogP contribution in [0.4, 0.5) is 8.78 Å². The summed E-state index contributed by atoms with van der Waals surface area (Å²) in [5, 5.41) is 0. The second-order valence-corrected chi connectivity index (χ2v) is 10.2. The van der Waals surface area contributed by atoms with Gasteiger partial charge in [0.2, 0.25) is 0 Å². The van der Waals surface area contributed by atoms with E-state index in [1.54, 1.807) is 0 Å². The zero-order valence-electron chi connectivity index (χ0n) is 19.9. The van der Waals surface area contributed by atoms with Crippen LogP contribution >= 0.6 is 15.9 Å². The van der Waals surface area contributed by atoms with Crippen LogP contribution in [0.2, 0.25) is 0 Å². The van der Waals surface area contributed by atoms with Gasteiger partial charge in [-0.2, -0.15) is 0 Å². The van der Waals surface area contributed by atoms with Crippen LogP contribution in [0.25, 0.3) is 0 Å². The third-order valence-corrected chi connectivity index (χ3v) is 7.41. The van der Waals surface area contributed by atoms with Crippen LogP contribution in [0.15, 0.2) is 77.3 Å². The number of carbonyl (C=O) groups excluding carboxylic acids is 1. The third-order valence-electron chi connectivity index (χ3n) is 6.89. The lowest BCUT2D eigenvalue weighted by Gasteiger charge is -2.41. The Bertz CT molecular complexity index is 1060. The Morgan fingerprint density at radius 3 is 1.91 bits per heavy atom. The zero-order valence-corrected chi connectivity index (χ0v) is 21.4. The third kappa shape index (κ3) is 6.56. The van der Waals surface area contributed by atoms with E-state index in [4.69, 9.17) is 4.74 Å². The summed E-state index contributed by atoms with van der Waals surface area (Å²) in [5.41, 5.74) is 2.50. The second kappa shape index (κ2) is 11.4. The van der Waals surface area contributed by atoms with E-state index in [1.807, 2.05) is 48.5 Å². The summed E-state index contributed by atoms with van der Waals surface area (Å²) in [6.45, 7) is 4.05. The zero-order chi connectivity index (χ0) is 24.8. The fraction of sp³-hybridized carbons (Fsp3) is 0.345. The lowest BCUT2D eigenvalue weighted by Crippen LogP contribution is -2.45. The van der Waals surface area contributed by atoms with Crippen molar-refractivity contribution in [2.24, 2.45) is 0 Å². The fourth-order valence-corrected chi connectivity index (χ4v) is 5.32. The molecule has 35 heavy (non-hydrogen) atoms. The van der Waals surface area contributed by atoms with Gasteiger partial charge in [-0.25, -0.2) is 8.78 Å². The highest BCUT2D eigenvalue weighted by Crippen LogP contribution is 2.38. The van der Waals surface area contributed by atoms with Gasteiger partial charge in [-0.05, 0) is 72.5 Å². The van der Waals surface area contributed by atoms with Crippen molar-refractivity contribution in [2.75, 3.05) is 19.6 Å². The molecule has 1 aliphatic rings. The van der Waals surface area contributed by atoms with Crippen LogP contribution < -0.4 is 0 Å². The number of hydrogen-bond donors (Lipinski definition) is 0. The maximum Gasteiger partial charge on any atom is 0.303 e. The minimum Gasteiger partial charge on any atom is -0.454 e. The average molecular weight is 542 g/mol. The molecule has 4 rings (SSSR count). The van der Waals surface area contributed by atoms with Crippen LogP contribution in [-0.4, -0.2) is 30.5 Å². The van der Waals surface area contributed by atoms with Gasteiger partial charge in [-0.1, -0.05) is 52.3 Å². The van der Waals surface area contributed by atoms with Crippen LogP contribution in [0.5, 0.6) is 0 Å². The predicted octanol–water partition coefficient (Wildman–Crippen LogP) is 7.19. The summed E-state index contributed by atoms with van der Waals surface area (Å²) < 4.78 is 33.9. The van der Waals surface area contributed by atoms with E-state index >= 15 is 0 Å². The van der Waals surface area contributed by atoms with E-state index in [1.165, 1.54) is 31.2 Å². The maximum atomic E-state index is 13.5. The highest BCUT2D eigenvalue weighted by molar-refractivity contribution is 9.10. The molecule has 0 aliphatic carbocycles. The van der Waals surface area contributed by atoms with Crippen molar-refractivity contribution < 1.29 is 18.3 Å². The molecule has 0 N–H and O–H groups in total. The Balaban J connectivity index is 1.40. The van der Waals surface area contributed by atoms with Gasteiger partial charge in [-0.15, -0.1) is 0 Å².